The summed E-state index contributed by atoms with van der Waals surface area (Å²) in [6.07, 6.45) is 4.79. The molecule has 1 saturated heterocycles. The summed E-state index contributed by atoms with van der Waals surface area (Å²) in [7, 11) is 0. The average Bonchev–Trinajstić information content (AvgIpc) is 2.85. The second-order valence-corrected chi connectivity index (χ2v) is 7.44. The van der Waals surface area contributed by atoms with Crippen molar-refractivity contribution in [2.24, 2.45) is 0 Å². The van der Waals surface area contributed by atoms with Crippen LogP contribution in [0.5, 0.6) is 0 Å². The van der Waals surface area contributed by atoms with Gasteiger partial charge in [-0.05, 0) is 47.9 Å². The van der Waals surface area contributed by atoms with Crippen molar-refractivity contribution in [3.05, 3.63) is 82.8 Å². The molecule has 0 bridgehead atoms. The largest absolute Gasteiger partial charge is 0.378 e. The van der Waals surface area contributed by atoms with Gasteiger partial charge in [0.05, 0.1) is 30.9 Å². The van der Waals surface area contributed by atoms with Gasteiger partial charge in [-0.3, -0.25) is 9.78 Å². The van der Waals surface area contributed by atoms with Crippen LogP contribution in [0.2, 0.25) is 0 Å². The number of hydrogen-bond acceptors (Lipinski definition) is 6. The number of fused-ring (bicyclic) bond motifs is 1. The summed E-state index contributed by atoms with van der Waals surface area (Å²) in [5.41, 5.74) is 3.51. The van der Waals surface area contributed by atoms with Crippen molar-refractivity contribution in [2.75, 3.05) is 36.5 Å². The molecule has 0 aliphatic carbocycles. The van der Waals surface area contributed by atoms with Gasteiger partial charge in [-0.25, -0.2) is 9.83 Å². The lowest BCUT2D eigenvalue weighted by Crippen LogP contribution is -2.36. The third-order valence-corrected chi connectivity index (χ3v) is 5.41. The lowest BCUT2D eigenvalue weighted by atomic mass is 10.1. The van der Waals surface area contributed by atoms with Gasteiger partial charge < -0.3 is 19.9 Å². The summed E-state index contributed by atoms with van der Waals surface area (Å²) < 4.78 is 5.42. The average molecular weight is 424 g/mol. The van der Waals surface area contributed by atoms with Crippen molar-refractivity contribution in [3.63, 3.8) is 0 Å². The topological polar surface area (TPSA) is 87.5 Å². The molecule has 0 saturated carbocycles. The number of ether oxygens (including phenoxy) is 1. The molecule has 1 aliphatic heterocycles. The second-order valence-electron chi connectivity index (χ2n) is 7.44. The summed E-state index contributed by atoms with van der Waals surface area (Å²) in [6, 6.07) is 13.5. The van der Waals surface area contributed by atoms with Crippen molar-refractivity contribution in [2.45, 2.75) is 0 Å². The molecule has 4 aromatic rings. The molecule has 8 heteroatoms. The Hall–Kier alpha value is -4.22. The Morgan fingerprint density at radius 3 is 2.69 bits per heavy atom. The maximum atomic E-state index is 12.6. The molecule has 2 N–H and O–H groups in total. The number of nitrogens with zero attached hydrogens (tertiary/aromatic N) is 4. The van der Waals surface area contributed by atoms with Crippen molar-refractivity contribution in [3.8, 4) is 11.3 Å². The van der Waals surface area contributed by atoms with Crippen LogP contribution in [0, 0.1) is 6.57 Å². The highest BCUT2D eigenvalue weighted by molar-refractivity contribution is 5.95. The molecule has 8 nitrogen and oxygen atoms in total. The Morgan fingerprint density at radius 1 is 1.09 bits per heavy atom. The van der Waals surface area contributed by atoms with Crippen LogP contribution in [0.25, 0.3) is 26.9 Å². The van der Waals surface area contributed by atoms with E-state index < -0.39 is 0 Å². The normalized spacial score (nSPS) is 13.7. The number of benzene rings is 1. The predicted molar refractivity (Wildman–Crippen MR) is 125 cm³/mol. The fraction of sp³-hybridized carbons (Fsp3) is 0.167. The maximum absolute atomic E-state index is 12.6. The molecule has 0 radical (unpaired) electrons. The van der Waals surface area contributed by atoms with Crippen LogP contribution in [0.15, 0.2) is 65.8 Å². The van der Waals surface area contributed by atoms with Crippen LogP contribution >= 0.6 is 0 Å². The van der Waals surface area contributed by atoms with E-state index in [0.29, 0.717) is 28.1 Å². The molecule has 0 atom stereocenters. The molecule has 158 valence electrons. The summed E-state index contributed by atoms with van der Waals surface area (Å²) in [6.45, 7) is 10.4. The van der Waals surface area contributed by atoms with Crippen molar-refractivity contribution >= 4 is 33.7 Å². The zero-order chi connectivity index (χ0) is 21.9. The van der Waals surface area contributed by atoms with Crippen LogP contribution in [-0.4, -0.2) is 41.3 Å². The van der Waals surface area contributed by atoms with Gasteiger partial charge in [0, 0.05) is 48.6 Å². The Labute approximate surface area is 184 Å². The molecule has 1 aromatic carbocycles. The smallest absolute Gasteiger partial charge is 0.259 e. The molecule has 3 aromatic heterocycles. The second kappa shape index (κ2) is 8.49. The van der Waals surface area contributed by atoms with Gasteiger partial charge in [-0.2, -0.15) is 0 Å². The van der Waals surface area contributed by atoms with Gasteiger partial charge in [-0.15, -0.1) is 0 Å². The predicted octanol–water partition coefficient (Wildman–Crippen LogP) is 4.12. The first-order chi connectivity index (χ1) is 15.7. The minimum atomic E-state index is -0.220. The molecule has 32 heavy (non-hydrogen) atoms. The third kappa shape index (κ3) is 3.89. The highest BCUT2D eigenvalue weighted by Crippen LogP contribution is 2.29. The van der Waals surface area contributed by atoms with Gasteiger partial charge in [-0.1, -0.05) is 0 Å². The number of aromatic amines is 1. The van der Waals surface area contributed by atoms with Crippen molar-refractivity contribution in [1.29, 1.82) is 0 Å². The number of rotatable bonds is 4. The van der Waals surface area contributed by atoms with E-state index in [0.717, 1.165) is 43.1 Å². The minimum absolute atomic E-state index is 0.220. The van der Waals surface area contributed by atoms with E-state index in [4.69, 9.17) is 16.3 Å². The minimum Gasteiger partial charge on any atom is -0.378 e. The van der Waals surface area contributed by atoms with E-state index in [-0.39, 0.29) is 5.56 Å². The van der Waals surface area contributed by atoms with Gasteiger partial charge in [0.15, 0.2) is 0 Å². The summed E-state index contributed by atoms with van der Waals surface area (Å²) in [5, 5.41) is 4.53. The Balaban J connectivity index is 1.53. The van der Waals surface area contributed by atoms with E-state index >= 15 is 0 Å². The van der Waals surface area contributed by atoms with Crippen LogP contribution < -0.4 is 15.8 Å². The molecular weight excluding hydrogens is 404 g/mol. The summed E-state index contributed by atoms with van der Waals surface area (Å²) >= 11 is 0. The Bertz CT molecular complexity index is 1370. The highest BCUT2D eigenvalue weighted by Gasteiger charge is 2.14. The number of hydrogen-bond donors (Lipinski definition) is 2. The number of morpholine rings is 1. The zero-order valence-electron chi connectivity index (χ0n) is 17.2. The third-order valence-electron chi connectivity index (χ3n) is 5.41. The summed E-state index contributed by atoms with van der Waals surface area (Å²) in [4.78, 5) is 29.9. The van der Waals surface area contributed by atoms with Crippen LogP contribution in [-0.2, 0) is 4.74 Å². The molecular formula is C24H20N6O2. The van der Waals surface area contributed by atoms with E-state index in [1.165, 1.54) is 6.20 Å². The zero-order valence-corrected chi connectivity index (χ0v) is 17.2. The summed E-state index contributed by atoms with van der Waals surface area (Å²) in [5.74, 6) is 0.451. The van der Waals surface area contributed by atoms with Crippen molar-refractivity contribution < 1.29 is 4.74 Å². The van der Waals surface area contributed by atoms with E-state index in [2.05, 4.69) is 25.0 Å². The van der Waals surface area contributed by atoms with Crippen molar-refractivity contribution in [1.82, 2.24) is 15.0 Å². The highest BCUT2D eigenvalue weighted by atomic mass is 16.5. The van der Waals surface area contributed by atoms with Gasteiger partial charge in [0.1, 0.15) is 5.82 Å². The first kappa shape index (κ1) is 19.7. The van der Waals surface area contributed by atoms with Crippen LogP contribution in [0.1, 0.15) is 0 Å². The fourth-order valence-electron chi connectivity index (χ4n) is 3.80. The van der Waals surface area contributed by atoms with Crippen LogP contribution in [0.3, 0.4) is 0 Å². The standard InChI is InChI=1S/C24H20N6O2/c1-25-19-12-17(14-26-15-19)21-13-16-6-7-27-24(31)22(16)23(29-21)28-18-2-4-20(5-3-18)30-8-10-32-11-9-30/h2-7,12-15H,8-11H2,(H,27,31)(H,28,29). The quantitative estimate of drug-likeness (QED) is 0.479. The number of aromatic nitrogens is 3. The maximum Gasteiger partial charge on any atom is 0.259 e. The van der Waals surface area contributed by atoms with E-state index in [1.54, 1.807) is 18.5 Å². The number of H-pyrrole nitrogens is 1. The Morgan fingerprint density at radius 2 is 1.91 bits per heavy atom. The molecule has 1 fully saturated rings. The SMILES string of the molecule is [C-]#[N+]c1cncc(-c2cc3cc[nH]c(=O)c3c(Nc3ccc(N4CCOCC4)cc3)n2)c1. The molecule has 0 spiro atoms. The first-order valence-corrected chi connectivity index (χ1v) is 10.3. The molecule has 0 unspecified atom stereocenters. The van der Waals surface area contributed by atoms with Gasteiger partial charge in [0.25, 0.3) is 5.56 Å². The van der Waals surface area contributed by atoms with Gasteiger partial charge >= 0.3 is 0 Å². The monoisotopic (exact) mass is 424 g/mol. The first-order valence-electron chi connectivity index (χ1n) is 10.3. The molecule has 5 rings (SSSR count). The number of pyridine rings is 3. The molecule has 0 amide bonds. The van der Waals surface area contributed by atoms with Gasteiger partial charge in [0.2, 0.25) is 5.69 Å². The fourth-order valence-corrected chi connectivity index (χ4v) is 3.80. The number of nitrogens with one attached hydrogen (secondary N) is 2. The van der Waals surface area contributed by atoms with E-state index in [9.17, 15) is 4.79 Å². The van der Waals surface area contributed by atoms with E-state index in [1.807, 2.05) is 36.4 Å². The molecule has 1 aliphatic rings. The molecule has 4 heterocycles. The number of anilines is 3. The Kier molecular flexibility index (Phi) is 5.24. The lowest BCUT2D eigenvalue weighted by Gasteiger charge is -2.28. The van der Waals surface area contributed by atoms with Crippen LogP contribution in [0.4, 0.5) is 22.9 Å². The lowest BCUT2D eigenvalue weighted by molar-refractivity contribution is 0.122.